The number of rotatable bonds is 5. The van der Waals surface area contributed by atoms with E-state index in [0.717, 1.165) is 0 Å². The minimum atomic E-state index is -0.459. The van der Waals surface area contributed by atoms with Crippen LogP contribution in [-0.2, 0) is 4.74 Å². The number of nitrogens with one attached hydrogen (secondary N) is 1. The first kappa shape index (κ1) is 19.7. The summed E-state index contributed by atoms with van der Waals surface area (Å²) in [5, 5.41) is 3.38. The highest BCUT2D eigenvalue weighted by molar-refractivity contribution is 6.42. The number of carbonyl (C=O) groups excluding carboxylic acids is 2. The topological polar surface area (TPSA) is 77.5 Å². The Labute approximate surface area is 171 Å². The largest absolute Gasteiger partial charge is 0.465 e. The number of carbonyl (C=O) groups is 2. The second kappa shape index (κ2) is 8.73. The van der Waals surface area contributed by atoms with Crippen LogP contribution >= 0.6 is 23.2 Å². The number of methoxy groups -OCH3 is 1. The van der Waals surface area contributed by atoms with E-state index in [2.05, 4.69) is 15.0 Å². The lowest BCUT2D eigenvalue weighted by molar-refractivity contribution is 0.0600. The van der Waals surface area contributed by atoms with Crippen LogP contribution in [0, 0.1) is 0 Å². The first-order chi connectivity index (χ1) is 13.5. The van der Waals surface area contributed by atoms with Crippen LogP contribution in [0.2, 0.25) is 10.0 Å². The van der Waals surface area contributed by atoms with E-state index >= 15 is 0 Å². The average molecular weight is 417 g/mol. The molecule has 0 saturated carbocycles. The molecule has 0 spiro atoms. The molecule has 3 aromatic rings. The summed E-state index contributed by atoms with van der Waals surface area (Å²) in [6.07, 6.45) is 1.45. The fourth-order valence-electron chi connectivity index (χ4n) is 2.28. The number of hydrogen-bond acceptors (Lipinski definition) is 5. The highest BCUT2D eigenvalue weighted by atomic mass is 35.5. The van der Waals surface area contributed by atoms with Gasteiger partial charge in [0.25, 0.3) is 5.91 Å². The molecule has 0 unspecified atom stereocenters. The van der Waals surface area contributed by atoms with E-state index in [9.17, 15) is 9.59 Å². The molecular formula is C20H14Cl2N2O4. The van der Waals surface area contributed by atoms with Gasteiger partial charge in [0.1, 0.15) is 5.75 Å². The quantitative estimate of drug-likeness (QED) is 0.576. The van der Waals surface area contributed by atoms with Gasteiger partial charge in [0.15, 0.2) is 0 Å². The molecule has 0 bridgehead atoms. The summed E-state index contributed by atoms with van der Waals surface area (Å²) in [7, 11) is 1.31. The number of pyridine rings is 1. The van der Waals surface area contributed by atoms with E-state index in [1.165, 1.54) is 19.4 Å². The van der Waals surface area contributed by atoms with Gasteiger partial charge in [-0.2, -0.15) is 0 Å². The molecule has 1 aromatic heterocycles. The molecule has 0 aliphatic heterocycles. The summed E-state index contributed by atoms with van der Waals surface area (Å²) in [6.45, 7) is 0. The van der Waals surface area contributed by atoms with Gasteiger partial charge in [0, 0.05) is 11.6 Å². The zero-order chi connectivity index (χ0) is 20.1. The normalized spacial score (nSPS) is 10.2. The van der Waals surface area contributed by atoms with E-state index in [1.54, 1.807) is 48.5 Å². The van der Waals surface area contributed by atoms with Crippen molar-refractivity contribution in [3.63, 3.8) is 0 Å². The van der Waals surface area contributed by atoms with Gasteiger partial charge in [-0.25, -0.2) is 9.78 Å². The van der Waals surface area contributed by atoms with Crippen LogP contribution in [0.5, 0.6) is 11.6 Å². The van der Waals surface area contributed by atoms with Crippen LogP contribution in [0.3, 0.4) is 0 Å². The van der Waals surface area contributed by atoms with Crippen molar-refractivity contribution in [2.24, 2.45) is 0 Å². The summed E-state index contributed by atoms with van der Waals surface area (Å²) >= 11 is 11.8. The van der Waals surface area contributed by atoms with Crippen LogP contribution in [0.15, 0.2) is 60.8 Å². The molecular weight excluding hydrogens is 403 g/mol. The number of amides is 1. The molecule has 0 atom stereocenters. The smallest absolute Gasteiger partial charge is 0.337 e. The number of halogens is 2. The van der Waals surface area contributed by atoms with Crippen molar-refractivity contribution in [1.29, 1.82) is 0 Å². The predicted molar refractivity (Wildman–Crippen MR) is 107 cm³/mol. The number of hydrogen-bond donors (Lipinski definition) is 1. The van der Waals surface area contributed by atoms with Gasteiger partial charge in [0.2, 0.25) is 5.88 Å². The number of anilines is 1. The molecule has 28 heavy (non-hydrogen) atoms. The number of aromatic nitrogens is 1. The second-order valence-electron chi connectivity index (χ2n) is 5.59. The molecule has 8 heteroatoms. The second-order valence-corrected chi connectivity index (χ2v) is 6.40. The highest BCUT2D eigenvalue weighted by Gasteiger charge is 2.10. The molecule has 1 amide bonds. The Balaban J connectivity index is 1.67. The van der Waals surface area contributed by atoms with Gasteiger partial charge >= 0.3 is 5.97 Å². The fourth-order valence-corrected chi connectivity index (χ4v) is 2.58. The van der Waals surface area contributed by atoms with Crippen molar-refractivity contribution in [3.05, 3.63) is 82.0 Å². The van der Waals surface area contributed by atoms with Crippen molar-refractivity contribution in [2.45, 2.75) is 0 Å². The zero-order valence-corrected chi connectivity index (χ0v) is 16.1. The Kier molecular flexibility index (Phi) is 6.13. The molecule has 0 saturated heterocycles. The lowest BCUT2D eigenvalue weighted by Crippen LogP contribution is -2.12. The van der Waals surface area contributed by atoms with Crippen molar-refractivity contribution in [2.75, 3.05) is 12.4 Å². The van der Waals surface area contributed by atoms with Gasteiger partial charge in [-0.05, 0) is 42.5 Å². The number of nitrogens with zero attached hydrogens (tertiary/aromatic N) is 1. The van der Waals surface area contributed by atoms with E-state index in [-0.39, 0.29) is 5.91 Å². The van der Waals surface area contributed by atoms with Crippen molar-refractivity contribution >= 4 is 40.8 Å². The minimum Gasteiger partial charge on any atom is -0.465 e. The van der Waals surface area contributed by atoms with E-state index in [1.807, 2.05) is 0 Å². The maximum absolute atomic E-state index is 12.3. The van der Waals surface area contributed by atoms with Gasteiger partial charge in [-0.3, -0.25) is 4.79 Å². The van der Waals surface area contributed by atoms with Gasteiger partial charge in [-0.15, -0.1) is 0 Å². The van der Waals surface area contributed by atoms with Crippen LogP contribution in [0.25, 0.3) is 0 Å². The monoisotopic (exact) mass is 416 g/mol. The molecule has 142 valence electrons. The fraction of sp³-hybridized carbons (Fsp3) is 0.0500. The van der Waals surface area contributed by atoms with Crippen molar-refractivity contribution < 1.29 is 19.1 Å². The number of benzene rings is 2. The molecule has 0 aliphatic rings. The number of esters is 1. The van der Waals surface area contributed by atoms with Crippen LogP contribution in [-0.4, -0.2) is 24.0 Å². The molecule has 2 aromatic carbocycles. The molecule has 6 nitrogen and oxygen atoms in total. The van der Waals surface area contributed by atoms with E-state index in [4.69, 9.17) is 27.9 Å². The van der Waals surface area contributed by atoms with Gasteiger partial charge < -0.3 is 14.8 Å². The molecule has 0 aliphatic carbocycles. The first-order valence-electron chi connectivity index (χ1n) is 8.05. The molecule has 1 N–H and O–H groups in total. The van der Waals surface area contributed by atoms with E-state index in [0.29, 0.717) is 38.5 Å². The molecule has 3 rings (SSSR count). The Hall–Kier alpha value is -3.09. The predicted octanol–water partition coefficient (Wildman–Crippen LogP) is 5.22. The SMILES string of the molecule is COC(=O)c1cccc(Oc2ccc(NC(=O)c3ccc(Cl)c(Cl)c3)cn2)c1. The molecule has 0 radical (unpaired) electrons. The van der Waals surface area contributed by atoms with E-state index < -0.39 is 5.97 Å². The Morgan fingerprint density at radius 2 is 1.79 bits per heavy atom. The van der Waals surface area contributed by atoms with Crippen LogP contribution < -0.4 is 10.1 Å². The summed E-state index contributed by atoms with van der Waals surface area (Å²) in [5.74, 6) is -0.0730. The summed E-state index contributed by atoms with van der Waals surface area (Å²) in [6, 6.07) is 14.4. The van der Waals surface area contributed by atoms with Crippen molar-refractivity contribution in [3.8, 4) is 11.6 Å². The average Bonchev–Trinajstić information content (AvgIpc) is 2.71. The third-order valence-corrected chi connectivity index (χ3v) is 4.39. The standard InChI is InChI=1S/C20H14Cl2N2O4/c1-27-20(26)13-3-2-4-15(9-13)28-18-8-6-14(11-23-18)24-19(25)12-5-7-16(21)17(22)10-12/h2-11H,1H3,(H,24,25). The Morgan fingerprint density at radius 1 is 0.964 bits per heavy atom. The maximum Gasteiger partial charge on any atom is 0.337 e. The molecule has 1 heterocycles. The lowest BCUT2D eigenvalue weighted by atomic mass is 10.2. The lowest BCUT2D eigenvalue weighted by Gasteiger charge is -2.08. The van der Waals surface area contributed by atoms with Crippen LogP contribution in [0.1, 0.15) is 20.7 Å². The van der Waals surface area contributed by atoms with Crippen LogP contribution in [0.4, 0.5) is 5.69 Å². The van der Waals surface area contributed by atoms with Gasteiger partial charge in [0.05, 0.1) is 34.6 Å². The Bertz CT molecular complexity index is 1020. The first-order valence-corrected chi connectivity index (χ1v) is 8.80. The third kappa shape index (κ3) is 4.79. The molecule has 0 fully saturated rings. The summed E-state index contributed by atoms with van der Waals surface area (Å²) in [4.78, 5) is 28.0. The minimum absolute atomic E-state index is 0.297. The number of ether oxygens (including phenoxy) is 2. The van der Waals surface area contributed by atoms with Crippen molar-refractivity contribution in [1.82, 2.24) is 4.98 Å². The summed E-state index contributed by atoms with van der Waals surface area (Å²) < 4.78 is 10.3. The maximum atomic E-state index is 12.3. The third-order valence-electron chi connectivity index (χ3n) is 3.65. The summed E-state index contributed by atoms with van der Waals surface area (Å²) in [5.41, 5.74) is 1.21. The zero-order valence-electron chi connectivity index (χ0n) is 14.6. The highest BCUT2D eigenvalue weighted by Crippen LogP contribution is 2.24. The van der Waals surface area contributed by atoms with Gasteiger partial charge in [-0.1, -0.05) is 29.3 Å². The Morgan fingerprint density at radius 3 is 2.46 bits per heavy atom.